The SMILES string of the molecule is CN(Cc1ncc(-c2ccccc2)[nH]1)CC(O)c1ccccc1. The molecule has 1 unspecified atom stereocenters. The van der Waals surface area contributed by atoms with Crippen LogP contribution in [0.2, 0.25) is 0 Å². The lowest BCUT2D eigenvalue weighted by atomic mass is 10.1. The molecule has 1 aromatic heterocycles. The van der Waals surface area contributed by atoms with Gasteiger partial charge in [0.2, 0.25) is 0 Å². The van der Waals surface area contributed by atoms with Crippen molar-refractivity contribution in [1.29, 1.82) is 0 Å². The average molecular weight is 307 g/mol. The minimum Gasteiger partial charge on any atom is -0.387 e. The monoisotopic (exact) mass is 307 g/mol. The van der Waals surface area contributed by atoms with E-state index in [-0.39, 0.29) is 0 Å². The van der Waals surface area contributed by atoms with Crippen molar-refractivity contribution < 1.29 is 5.11 Å². The van der Waals surface area contributed by atoms with Crippen molar-refractivity contribution >= 4 is 0 Å². The van der Waals surface area contributed by atoms with Crippen LogP contribution >= 0.6 is 0 Å². The van der Waals surface area contributed by atoms with Gasteiger partial charge in [-0.15, -0.1) is 0 Å². The fourth-order valence-electron chi connectivity index (χ4n) is 2.60. The number of aliphatic hydroxyl groups is 1. The van der Waals surface area contributed by atoms with Gasteiger partial charge in [0.05, 0.1) is 24.5 Å². The number of imidazole rings is 1. The van der Waals surface area contributed by atoms with Crippen molar-refractivity contribution in [3.63, 3.8) is 0 Å². The largest absolute Gasteiger partial charge is 0.387 e. The minimum absolute atomic E-state index is 0.496. The van der Waals surface area contributed by atoms with E-state index in [0.29, 0.717) is 13.1 Å². The Balaban J connectivity index is 1.60. The number of nitrogens with zero attached hydrogens (tertiary/aromatic N) is 2. The Morgan fingerprint density at radius 3 is 2.39 bits per heavy atom. The third-order valence-corrected chi connectivity index (χ3v) is 3.80. The fraction of sp³-hybridized carbons (Fsp3) is 0.211. The van der Waals surface area contributed by atoms with Gasteiger partial charge in [0, 0.05) is 6.54 Å². The molecule has 0 aliphatic rings. The highest BCUT2D eigenvalue weighted by atomic mass is 16.3. The minimum atomic E-state index is -0.496. The number of H-pyrrole nitrogens is 1. The summed E-state index contributed by atoms with van der Waals surface area (Å²) in [5, 5.41) is 10.3. The molecule has 3 aromatic rings. The Bertz CT molecular complexity index is 725. The molecule has 0 saturated carbocycles. The van der Waals surface area contributed by atoms with E-state index in [4.69, 9.17) is 0 Å². The predicted molar refractivity (Wildman–Crippen MR) is 91.8 cm³/mol. The molecular weight excluding hydrogens is 286 g/mol. The van der Waals surface area contributed by atoms with E-state index in [9.17, 15) is 5.11 Å². The van der Waals surface area contributed by atoms with Crippen molar-refractivity contribution in [3.8, 4) is 11.3 Å². The van der Waals surface area contributed by atoms with Gasteiger partial charge in [0.15, 0.2) is 0 Å². The highest BCUT2D eigenvalue weighted by Crippen LogP contribution is 2.17. The predicted octanol–water partition coefficient (Wildman–Crippen LogP) is 3.24. The number of hydrogen-bond acceptors (Lipinski definition) is 3. The van der Waals surface area contributed by atoms with Gasteiger partial charge in [-0.2, -0.15) is 0 Å². The van der Waals surface area contributed by atoms with Crippen LogP contribution in [-0.4, -0.2) is 33.6 Å². The van der Waals surface area contributed by atoms with Gasteiger partial charge in [-0.25, -0.2) is 4.98 Å². The van der Waals surface area contributed by atoms with Crippen LogP contribution in [-0.2, 0) is 6.54 Å². The smallest absolute Gasteiger partial charge is 0.120 e. The van der Waals surface area contributed by atoms with Gasteiger partial charge in [-0.05, 0) is 18.2 Å². The number of nitrogens with one attached hydrogen (secondary N) is 1. The molecule has 118 valence electrons. The van der Waals surface area contributed by atoms with E-state index in [2.05, 4.69) is 27.0 Å². The second kappa shape index (κ2) is 7.22. The van der Waals surface area contributed by atoms with Crippen LogP contribution in [0.1, 0.15) is 17.5 Å². The van der Waals surface area contributed by atoms with Crippen LogP contribution < -0.4 is 0 Å². The first kappa shape index (κ1) is 15.5. The van der Waals surface area contributed by atoms with Gasteiger partial charge in [0.25, 0.3) is 0 Å². The zero-order chi connectivity index (χ0) is 16.1. The van der Waals surface area contributed by atoms with Gasteiger partial charge in [-0.3, -0.25) is 4.90 Å². The first-order valence-electron chi connectivity index (χ1n) is 7.73. The van der Waals surface area contributed by atoms with Gasteiger partial charge in [-0.1, -0.05) is 60.7 Å². The molecule has 2 N–H and O–H groups in total. The van der Waals surface area contributed by atoms with Crippen molar-refractivity contribution in [2.75, 3.05) is 13.6 Å². The topological polar surface area (TPSA) is 52.2 Å². The number of aromatic amines is 1. The average Bonchev–Trinajstić information content (AvgIpc) is 3.04. The first-order chi connectivity index (χ1) is 11.2. The first-order valence-corrected chi connectivity index (χ1v) is 7.73. The van der Waals surface area contributed by atoms with Crippen LogP contribution in [0.15, 0.2) is 66.9 Å². The van der Waals surface area contributed by atoms with E-state index in [1.807, 2.05) is 61.8 Å². The summed E-state index contributed by atoms with van der Waals surface area (Å²) in [7, 11) is 1.98. The molecule has 2 aromatic carbocycles. The molecule has 4 heteroatoms. The van der Waals surface area contributed by atoms with Crippen LogP contribution in [0.4, 0.5) is 0 Å². The lowest BCUT2D eigenvalue weighted by molar-refractivity contribution is 0.122. The molecule has 4 nitrogen and oxygen atoms in total. The number of aromatic nitrogens is 2. The van der Waals surface area contributed by atoms with Crippen LogP contribution in [0.3, 0.4) is 0 Å². The molecule has 0 bridgehead atoms. The summed E-state index contributed by atoms with van der Waals surface area (Å²) in [6.45, 7) is 1.22. The van der Waals surface area contributed by atoms with Crippen molar-refractivity contribution in [2.45, 2.75) is 12.6 Å². The lowest BCUT2D eigenvalue weighted by Gasteiger charge is -2.19. The Kier molecular flexibility index (Phi) is 4.86. The standard InChI is InChI=1S/C19H21N3O/c1-22(13-18(23)16-10-6-3-7-11-16)14-19-20-12-17(21-19)15-8-4-2-5-9-15/h2-12,18,23H,13-14H2,1H3,(H,20,21). The van der Waals surface area contributed by atoms with Crippen LogP contribution in [0, 0.1) is 0 Å². The van der Waals surface area contributed by atoms with Crippen molar-refractivity contribution in [3.05, 3.63) is 78.2 Å². The number of hydrogen-bond donors (Lipinski definition) is 2. The molecule has 0 fully saturated rings. The van der Waals surface area contributed by atoms with Crippen molar-refractivity contribution in [1.82, 2.24) is 14.9 Å². The number of benzene rings is 2. The van der Waals surface area contributed by atoms with Crippen molar-refractivity contribution in [2.24, 2.45) is 0 Å². The Hall–Kier alpha value is -2.43. The molecule has 0 aliphatic carbocycles. The maximum absolute atomic E-state index is 10.3. The highest BCUT2D eigenvalue weighted by Gasteiger charge is 2.12. The van der Waals surface area contributed by atoms with E-state index >= 15 is 0 Å². The third-order valence-electron chi connectivity index (χ3n) is 3.80. The lowest BCUT2D eigenvalue weighted by Crippen LogP contribution is -2.24. The Morgan fingerprint density at radius 2 is 1.70 bits per heavy atom. The van der Waals surface area contributed by atoms with E-state index < -0.39 is 6.10 Å². The quantitative estimate of drug-likeness (QED) is 0.735. The summed E-state index contributed by atoms with van der Waals surface area (Å²) < 4.78 is 0. The van der Waals surface area contributed by atoms with Crippen LogP contribution in [0.5, 0.6) is 0 Å². The zero-order valence-electron chi connectivity index (χ0n) is 13.2. The normalized spacial score (nSPS) is 12.5. The summed E-state index contributed by atoms with van der Waals surface area (Å²) in [5.41, 5.74) is 3.07. The molecule has 23 heavy (non-hydrogen) atoms. The van der Waals surface area contributed by atoms with E-state index in [1.54, 1.807) is 0 Å². The molecule has 3 rings (SSSR count). The number of aliphatic hydroxyl groups excluding tert-OH is 1. The van der Waals surface area contributed by atoms with E-state index in [0.717, 1.165) is 22.6 Å². The maximum atomic E-state index is 10.3. The Morgan fingerprint density at radius 1 is 1.04 bits per heavy atom. The maximum Gasteiger partial charge on any atom is 0.120 e. The molecule has 0 saturated heterocycles. The second-order valence-corrected chi connectivity index (χ2v) is 5.73. The molecule has 0 spiro atoms. The molecule has 0 radical (unpaired) electrons. The van der Waals surface area contributed by atoms with Gasteiger partial charge in [0.1, 0.15) is 5.82 Å². The summed E-state index contributed by atoms with van der Waals surface area (Å²) >= 11 is 0. The Labute approximate surface area is 136 Å². The second-order valence-electron chi connectivity index (χ2n) is 5.73. The van der Waals surface area contributed by atoms with E-state index in [1.165, 1.54) is 0 Å². The summed E-state index contributed by atoms with van der Waals surface area (Å²) in [6, 6.07) is 19.9. The molecule has 0 amide bonds. The highest BCUT2D eigenvalue weighted by molar-refractivity contribution is 5.57. The molecular formula is C19H21N3O. The number of rotatable bonds is 6. The van der Waals surface area contributed by atoms with Gasteiger partial charge >= 0.3 is 0 Å². The summed E-state index contributed by atoms with van der Waals surface area (Å²) in [6.07, 6.45) is 1.36. The van der Waals surface area contributed by atoms with Gasteiger partial charge < -0.3 is 10.1 Å². The zero-order valence-corrected chi connectivity index (χ0v) is 13.2. The molecule has 1 heterocycles. The summed E-state index contributed by atoms with van der Waals surface area (Å²) in [4.78, 5) is 9.83. The number of likely N-dealkylation sites (N-methyl/N-ethyl adjacent to an activating group) is 1. The summed E-state index contributed by atoms with van der Waals surface area (Å²) in [5.74, 6) is 0.895. The third kappa shape index (κ3) is 4.06. The molecule has 1 atom stereocenters. The fourth-order valence-corrected chi connectivity index (χ4v) is 2.60. The molecule has 0 aliphatic heterocycles. The van der Waals surface area contributed by atoms with Crippen LogP contribution in [0.25, 0.3) is 11.3 Å².